The van der Waals surface area contributed by atoms with Gasteiger partial charge in [0.05, 0.1) is 19.1 Å². The maximum absolute atomic E-state index is 12.9. The van der Waals surface area contributed by atoms with Gasteiger partial charge in [0, 0.05) is 32.4 Å². The second-order valence-electron chi connectivity index (χ2n) is 18.5. The summed E-state index contributed by atoms with van der Waals surface area (Å²) in [6.45, 7) is 10.1. The zero-order valence-corrected chi connectivity index (χ0v) is 41.9. The zero-order chi connectivity index (χ0) is 46.4. The number of carbonyl (C=O) groups excluding carboxylic acids is 4. The minimum Gasteiger partial charge on any atom is -0.465 e. The molecule has 0 spiro atoms. The van der Waals surface area contributed by atoms with E-state index in [9.17, 15) is 24.3 Å². The Morgan fingerprint density at radius 1 is 0.444 bits per heavy atom. The fraction of sp³-hybridized carbons (Fsp3) is 0.925. The molecule has 0 aromatic carbocycles. The van der Waals surface area contributed by atoms with E-state index < -0.39 is 6.10 Å². The van der Waals surface area contributed by atoms with Gasteiger partial charge in [0.15, 0.2) is 0 Å². The highest BCUT2D eigenvalue weighted by Gasteiger charge is 2.21. The van der Waals surface area contributed by atoms with E-state index in [1.165, 1.54) is 103 Å². The molecule has 3 atom stereocenters. The van der Waals surface area contributed by atoms with Crippen LogP contribution in [0.25, 0.3) is 0 Å². The summed E-state index contributed by atoms with van der Waals surface area (Å²) in [6.07, 6.45) is 35.8. The molecule has 0 saturated carbocycles. The quantitative estimate of drug-likeness (QED) is 0.0358. The molecule has 0 aliphatic carbocycles. The average Bonchev–Trinajstić information content (AvgIpc) is 3.26. The summed E-state index contributed by atoms with van der Waals surface area (Å²) in [5, 5.41) is 9.38. The lowest BCUT2D eigenvalue weighted by molar-refractivity contribution is -0.160. The van der Waals surface area contributed by atoms with E-state index in [2.05, 4.69) is 27.7 Å². The molecule has 0 aromatic rings. The molecule has 0 heterocycles. The smallest absolute Gasteiger partial charge is 0.308 e. The first-order chi connectivity index (χ1) is 30.7. The van der Waals surface area contributed by atoms with Crippen LogP contribution in [0, 0.1) is 5.92 Å². The number of rotatable bonds is 48. The molecule has 0 rings (SSSR count). The number of unbranched alkanes of at least 4 members (excludes halogenated alkanes) is 23. The van der Waals surface area contributed by atoms with Crippen LogP contribution >= 0.6 is 0 Å². The SMILES string of the molecule is CCCCCCCCC(CCCCCC)OC(=O)CCCCCCC(=O)OCC(CN(C)CCO)OC(=O)CCCCCCCOC(=O)C(CCCCCC)CCCCCCCC. The van der Waals surface area contributed by atoms with Crippen molar-refractivity contribution >= 4 is 23.9 Å². The van der Waals surface area contributed by atoms with Gasteiger partial charge in [0.25, 0.3) is 0 Å². The number of hydrogen-bond donors (Lipinski definition) is 1. The number of aliphatic hydroxyl groups is 1. The Bertz CT molecular complexity index is 1060. The predicted octanol–water partition coefficient (Wildman–Crippen LogP) is 13.6. The number of nitrogens with zero attached hydrogens (tertiary/aromatic N) is 1. The van der Waals surface area contributed by atoms with E-state index in [0.717, 1.165) is 96.3 Å². The molecule has 372 valence electrons. The van der Waals surface area contributed by atoms with Gasteiger partial charge >= 0.3 is 23.9 Å². The van der Waals surface area contributed by atoms with Crippen LogP contribution in [0.5, 0.6) is 0 Å². The van der Waals surface area contributed by atoms with Crippen molar-refractivity contribution in [2.75, 3.05) is 40.0 Å². The molecular formula is C53H101NO9. The van der Waals surface area contributed by atoms with Crippen LogP contribution in [0.15, 0.2) is 0 Å². The highest BCUT2D eigenvalue weighted by Crippen LogP contribution is 2.22. The van der Waals surface area contributed by atoms with Crippen molar-refractivity contribution in [3.05, 3.63) is 0 Å². The Kier molecular flexibility index (Phi) is 44.7. The lowest BCUT2D eigenvalue weighted by atomic mass is 9.94. The molecule has 0 aliphatic heterocycles. The summed E-state index contributed by atoms with van der Waals surface area (Å²) in [7, 11) is 1.83. The molecule has 63 heavy (non-hydrogen) atoms. The third-order valence-corrected chi connectivity index (χ3v) is 12.2. The monoisotopic (exact) mass is 896 g/mol. The summed E-state index contributed by atoms with van der Waals surface area (Å²) in [6, 6.07) is 0. The van der Waals surface area contributed by atoms with E-state index in [1.54, 1.807) is 0 Å². The van der Waals surface area contributed by atoms with Crippen molar-refractivity contribution in [1.82, 2.24) is 4.90 Å². The Morgan fingerprint density at radius 2 is 0.825 bits per heavy atom. The molecule has 1 N–H and O–H groups in total. The van der Waals surface area contributed by atoms with Crippen molar-refractivity contribution < 1.29 is 43.2 Å². The number of hydrogen-bond acceptors (Lipinski definition) is 10. The Labute approximate surface area is 387 Å². The maximum atomic E-state index is 12.9. The lowest BCUT2D eigenvalue weighted by Crippen LogP contribution is -2.37. The van der Waals surface area contributed by atoms with Gasteiger partial charge in [-0.3, -0.25) is 19.2 Å². The fourth-order valence-corrected chi connectivity index (χ4v) is 8.15. The van der Waals surface area contributed by atoms with Gasteiger partial charge in [-0.25, -0.2) is 0 Å². The van der Waals surface area contributed by atoms with Crippen LogP contribution in [0.4, 0.5) is 0 Å². The minimum absolute atomic E-state index is 0.0199. The van der Waals surface area contributed by atoms with Gasteiger partial charge < -0.3 is 29.0 Å². The Morgan fingerprint density at radius 3 is 1.30 bits per heavy atom. The minimum atomic E-state index is -0.619. The highest BCUT2D eigenvalue weighted by molar-refractivity contribution is 5.72. The largest absolute Gasteiger partial charge is 0.465 e. The molecule has 10 nitrogen and oxygen atoms in total. The molecular weight excluding hydrogens is 795 g/mol. The van der Waals surface area contributed by atoms with Crippen LogP contribution in [0.1, 0.15) is 259 Å². The first-order valence-electron chi connectivity index (χ1n) is 26.7. The Balaban J connectivity index is 4.45. The number of ether oxygens (including phenoxy) is 4. The van der Waals surface area contributed by atoms with Crippen molar-refractivity contribution in [1.29, 1.82) is 0 Å². The second-order valence-corrected chi connectivity index (χ2v) is 18.5. The molecule has 10 heteroatoms. The highest BCUT2D eigenvalue weighted by atomic mass is 16.6. The van der Waals surface area contributed by atoms with Gasteiger partial charge in [0.1, 0.15) is 18.8 Å². The van der Waals surface area contributed by atoms with Crippen LogP contribution in [-0.2, 0) is 38.1 Å². The summed E-state index contributed by atoms with van der Waals surface area (Å²) in [5.74, 6) is -0.739. The van der Waals surface area contributed by atoms with Gasteiger partial charge in [-0.15, -0.1) is 0 Å². The summed E-state index contributed by atoms with van der Waals surface area (Å²) >= 11 is 0. The number of likely N-dealkylation sites (N-methyl/N-ethyl adjacent to an activating group) is 1. The first kappa shape index (κ1) is 60.8. The van der Waals surface area contributed by atoms with E-state index in [4.69, 9.17) is 18.9 Å². The first-order valence-corrected chi connectivity index (χ1v) is 26.7. The molecule has 3 unspecified atom stereocenters. The van der Waals surface area contributed by atoms with Crippen LogP contribution in [0.2, 0.25) is 0 Å². The molecule has 0 aromatic heterocycles. The third kappa shape index (κ3) is 41.0. The fourth-order valence-electron chi connectivity index (χ4n) is 8.15. The van der Waals surface area contributed by atoms with Crippen molar-refractivity contribution in [2.24, 2.45) is 5.92 Å². The summed E-state index contributed by atoms with van der Waals surface area (Å²) in [4.78, 5) is 52.9. The predicted molar refractivity (Wildman–Crippen MR) is 259 cm³/mol. The second kappa shape index (κ2) is 46.3. The van der Waals surface area contributed by atoms with E-state index in [1.807, 2.05) is 11.9 Å². The topological polar surface area (TPSA) is 129 Å². The molecule has 0 bridgehead atoms. The van der Waals surface area contributed by atoms with E-state index in [-0.39, 0.29) is 62.0 Å². The molecule has 0 fully saturated rings. The van der Waals surface area contributed by atoms with Gasteiger partial charge in [0.2, 0.25) is 0 Å². The van der Waals surface area contributed by atoms with Crippen molar-refractivity contribution in [3.8, 4) is 0 Å². The molecule has 0 saturated heterocycles. The average molecular weight is 896 g/mol. The van der Waals surface area contributed by atoms with Gasteiger partial charge in [-0.1, -0.05) is 175 Å². The molecule has 0 radical (unpaired) electrons. The van der Waals surface area contributed by atoms with E-state index in [0.29, 0.717) is 39.0 Å². The summed E-state index contributed by atoms with van der Waals surface area (Å²) in [5.41, 5.74) is 0. The van der Waals surface area contributed by atoms with Gasteiger partial charge in [-0.2, -0.15) is 0 Å². The Hall–Kier alpha value is -2.20. The maximum Gasteiger partial charge on any atom is 0.308 e. The zero-order valence-electron chi connectivity index (χ0n) is 41.9. The van der Waals surface area contributed by atoms with Crippen molar-refractivity contribution in [3.63, 3.8) is 0 Å². The number of esters is 4. The molecule has 0 aliphatic rings. The van der Waals surface area contributed by atoms with Crippen LogP contribution in [-0.4, -0.2) is 86.0 Å². The molecule has 0 amide bonds. The third-order valence-electron chi connectivity index (χ3n) is 12.2. The van der Waals surface area contributed by atoms with E-state index >= 15 is 0 Å². The standard InChI is InChI=1S/C53H101NO9/c1-6-10-14-18-21-28-36-47(35-27-16-12-8-3)53(59)60-44-34-26-20-23-32-41-52(58)63-49(45-54(5)42-43-55)46-61-50(56)39-31-24-25-33-40-51(57)62-48(37-29-17-13-9-4)38-30-22-19-15-11-7-2/h47-49,55H,6-46H2,1-5H3. The van der Waals surface area contributed by atoms with Crippen LogP contribution in [0.3, 0.4) is 0 Å². The van der Waals surface area contributed by atoms with Crippen molar-refractivity contribution in [2.45, 2.75) is 271 Å². The summed E-state index contributed by atoms with van der Waals surface area (Å²) < 4.78 is 23.0. The number of aliphatic hydroxyl groups excluding tert-OH is 1. The normalized spacial score (nSPS) is 12.9. The number of carbonyl (C=O) groups is 4. The lowest BCUT2D eigenvalue weighted by Gasteiger charge is -2.23. The van der Waals surface area contributed by atoms with Gasteiger partial charge in [-0.05, 0) is 71.3 Å². The van der Waals surface area contributed by atoms with Crippen LogP contribution < -0.4 is 0 Å².